The fourth-order valence-electron chi connectivity index (χ4n) is 2.31. The van der Waals surface area contributed by atoms with E-state index in [-0.39, 0.29) is 37.0 Å². The molecule has 1 fully saturated rings. The van der Waals surface area contributed by atoms with Gasteiger partial charge in [0.1, 0.15) is 6.54 Å². The summed E-state index contributed by atoms with van der Waals surface area (Å²) < 4.78 is 0. The Morgan fingerprint density at radius 3 is 2.48 bits per heavy atom. The van der Waals surface area contributed by atoms with Crippen molar-refractivity contribution >= 4 is 23.5 Å². The van der Waals surface area contributed by atoms with Crippen LogP contribution in [0, 0.1) is 0 Å². The molecule has 2 rings (SSSR count). The molecule has 7 heteroatoms. The molecule has 0 radical (unpaired) electrons. The van der Waals surface area contributed by atoms with Gasteiger partial charge in [-0.2, -0.15) is 0 Å². The van der Waals surface area contributed by atoms with Crippen molar-refractivity contribution in [3.63, 3.8) is 0 Å². The molecule has 1 aromatic carbocycles. The Hall–Kier alpha value is -2.57. The topological polar surface area (TPSA) is 81.8 Å². The van der Waals surface area contributed by atoms with Crippen LogP contribution in [0.3, 0.4) is 0 Å². The smallest absolute Gasteiger partial charge is 0.322 e. The Balaban J connectivity index is 1.84. The molecule has 0 saturated carbocycles. The van der Waals surface area contributed by atoms with Crippen LogP contribution >= 0.6 is 0 Å². The van der Waals surface area contributed by atoms with Gasteiger partial charge in [-0.15, -0.1) is 0 Å². The molecule has 2 N–H and O–H groups in total. The Morgan fingerprint density at radius 1 is 1.17 bits per heavy atom. The van der Waals surface area contributed by atoms with Crippen molar-refractivity contribution in [2.24, 2.45) is 0 Å². The maximum Gasteiger partial charge on any atom is 0.322 e. The van der Waals surface area contributed by atoms with Gasteiger partial charge in [-0.1, -0.05) is 18.2 Å². The molecule has 1 heterocycles. The highest BCUT2D eigenvalue weighted by molar-refractivity contribution is 5.94. The van der Waals surface area contributed by atoms with Crippen LogP contribution in [-0.4, -0.2) is 59.9 Å². The molecular formula is C16H22N4O3. The molecule has 124 valence electrons. The third kappa shape index (κ3) is 4.98. The van der Waals surface area contributed by atoms with Crippen LogP contribution in [0.25, 0.3) is 0 Å². The average molecular weight is 318 g/mol. The number of para-hydroxylation sites is 1. The first-order valence-electron chi connectivity index (χ1n) is 7.64. The van der Waals surface area contributed by atoms with E-state index in [2.05, 4.69) is 10.6 Å². The number of nitrogens with one attached hydrogen (secondary N) is 2. The van der Waals surface area contributed by atoms with Crippen molar-refractivity contribution in [1.82, 2.24) is 15.1 Å². The zero-order valence-electron chi connectivity index (χ0n) is 13.4. The van der Waals surface area contributed by atoms with E-state index in [1.807, 2.05) is 32.0 Å². The molecule has 0 bridgehead atoms. The molecule has 0 unspecified atom stereocenters. The SMILES string of the molecule is CC(C)NC(=O)CN1CCN(C(=O)Nc2ccccc2)CC1=O. The van der Waals surface area contributed by atoms with Crippen LogP contribution in [0.4, 0.5) is 10.5 Å². The summed E-state index contributed by atoms with van der Waals surface area (Å²) in [6.45, 7) is 4.50. The monoisotopic (exact) mass is 318 g/mol. The number of hydrogen-bond acceptors (Lipinski definition) is 3. The molecule has 0 aliphatic carbocycles. The zero-order valence-corrected chi connectivity index (χ0v) is 13.4. The summed E-state index contributed by atoms with van der Waals surface area (Å²) in [4.78, 5) is 38.9. The molecule has 1 aliphatic rings. The van der Waals surface area contributed by atoms with Gasteiger partial charge in [0.2, 0.25) is 11.8 Å². The number of hydrogen-bond donors (Lipinski definition) is 2. The average Bonchev–Trinajstić information content (AvgIpc) is 2.49. The molecule has 1 saturated heterocycles. The number of urea groups is 1. The van der Waals surface area contributed by atoms with Gasteiger partial charge in [-0.25, -0.2) is 4.79 Å². The highest BCUT2D eigenvalue weighted by atomic mass is 16.2. The van der Waals surface area contributed by atoms with E-state index in [1.54, 1.807) is 12.1 Å². The van der Waals surface area contributed by atoms with E-state index in [1.165, 1.54) is 9.80 Å². The van der Waals surface area contributed by atoms with Crippen molar-refractivity contribution in [2.45, 2.75) is 19.9 Å². The largest absolute Gasteiger partial charge is 0.352 e. The Morgan fingerprint density at radius 2 is 1.87 bits per heavy atom. The number of piperazine rings is 1. The van der Waals surface area contributed by atoms with Crippen molar-refractivity contribution in [1.29, 1.82) is 0 Å². The highest BCUT2D eigenvalue weighted by Crippen LogP contribution is 2.09. The molecule has 1 aromatic rings. The summed E-state index contributed by atoms with van der Waals surface area (Å²) in [6.07, 6.45) is 0. The first kappa shape index (κ1) is 16.8. The second-order valence-electron chi connectivity index (χ2n) is 5.76. The first-order chi connectivity index (χ1) is 11.0. The molecule has 0 spiro atoms. The standard InChI is InChI=1S/C16H22N4O3/c1-12(2)17-14(21)10-19-8-9-20(11-15(19)22)16(23)18-13-6-4-3-5-7-13/h3-7,12H,8-11H2,1-2H3,(H,17,21)(H,18,23). The number of carbonyl (C=O) groups excluding carboxylic acids is 3. The van der Waals surface area contributed by atoms with Crippen LogP contribution < -0.4 is 10.6 Å². The lowest BCUT2D eigenvalue weighted by atomic mass is 10.3. The van der Waals surface area contributed by atoms with Gasteiger partial charge in [0.15, 0.2) is 0 Å². The van der Waals surface area contributed by atoms with Crippen molar-refractivity contribution < 1.29 is 14.4 Å². The van der Waals surface area contributed by atoms with Gasteiger partial charge in [0.05, 0.1) is 6.54 Å². The third-order valence-corrected chi connectivity index (χ3v) is 3.42. The van der Waals surface area contributed by atoms with Gasteiger partial charge in [-0.3, -0.25) is 9.59 Å². The van der Waals surface area contributed by atoms with Crippen LogP contribution in [0.5, 0.6) is 0 Å². The van der Waals surface area contributed by atoms with Crippen molar-refractivity contribution in [3.8, 4) is 0 Å². The molecule has 7 nitrogen and oxygen atoms in total. The maximum atomic E-state index is 12.2. The summed E-state index contributed by atoms with van der Waals surface area (Å²) in [7, 11) is 0. The minimum absolute atomic E-state index is 0.0202. The Kier molecular flexibility index (Phi) is 5.56. The van der Waals surface area contributed by atoms with E-state index in [0.717, 1.165) is 0 Å². The van der Waals surface area contributed by atoms with E-state index >= 15 is 0 Å². The predicted octanol–water partition coefficient (Wildman–Crippen LogP) is 0.887. The highest BCUT2D eigenvalue weighted by Gasteiger charge is 2.28. The van der Waals surface area contributed by atoms with Gasteiger partial charge in [0, 0.05) is 24.8 Å². The van der Waals surface area contributed by atoms with Crippen molar-refractivity contribution in [2.75, 3.05) is 31.5 Å². The Labute approximate surface area is 135 Å². The van der Waals surface area contributed by atoms with Gasteiger partial charge >= 0.3 is 6.03 Å². The van der Waals surface area contributed by atoms with Crippen LogP contribution in [0.15, 0.2) is 30.3 Å². The molecule has 0 aromatic heterocycles. The zero-order chi connectivity index (χ0) is 16.8. The summed E-state index contributed by atoms with van der Waals surface area (Å²) in [5.74, 6) is -0.408. The van der Waals surface area contributed by atoms with Crippen LogP contribution in [0.2, 0.25) is 0 Å². The number of amides is 4. The van der Waals surface area contributed by atoms with E-state index < -0.39 is 0 Å². The molecular weight excluding hydrogens is 296 g/mol. The number of nitrogens with zero attached hydrogens (tertiary/aromatic N) is 2. The van der Waals surface area contributed by atoms with Crippen molar-refractivity contribution in [3.05, 3.63) is 30.3 Å². The molecule has 1 aliphatic heterocycles. The summed E-state index contributed by atoms with van der Waals surface area (Å²) in [5, 5.41) is 5.50. The third-order valence-electron chi connectivity index (χ3n) is 3.42. The second kappa shape index (κ2) is 7.62. The summed E-state index contributed by atoms with van der Waals surface area (Å²) >= 11 is 0. The lowest BCUT2D eigenvalue weighted by Gasteiger charge is -2.34. The fraction of sp³-hybridized carbons (Fsp3) is 0.438. The lowest BCUT2D eigenvalue weighted by Crippen LogP contribution is -2.55. The number of benzene rings is 1. The lowest BCUT2D eigenvalue weighted by molar-refractivity contribution is -0.139. The maximum absolute atomic E-state index is 12.2. The first-order valence-corrected chi connectivity index (χ1v) is 7.64. The summed E-state index contributed by atoms with van der Waals surface area (Å²) in [6, 6.07) is 8.81. The normalized spacial score (nSPS) is 14.8. The van der Waals surface area contributed by atoms with E-state index in [4.69, 9.17) is 0 Å². The Bertz CT molecular complexity index is 574. The van der Waals surface area contributed by atoms with E-state index in [9.17, 15) is 14.4 Å². The quantitative estimate of drug-likeness (QED) is 0.865. The van der Waals surface area contributed by atoms with Gasteiger partial charge in [-0.05, 0) is 26.0 Å². The van der Waals surface area contributed by atoms with E-state index in [0.29, 0.717) is 18.8 Å². The molecule has 0 atom stereocenters. The minimum Gasteiger partial charge on any atom is -0.352 e. The second-order valence-corrected chi connectivity index (χ2v) is 5.76. The number of carbonyl (C=O) groups is 3. The number of anilines is 1. The summed E-state index contributed by atoms with van der Waals surface area (Å²) in [5.41, 5.74) is 0.684. The van der Waals surface area contributed by atoms with Gasteiger partial charge in [0.25, 0.3) is 0 Å². The molecule has 23 heavy (non-hydrogen) atoms. The predicted molar refractivity (Wildman–Crippen MR) is 86.9 cm³/mol. The minimum atomic E-state index is -0.309. The van der Waals surface area contributed by atoms with Crippen LogP contribution in [-0.2, 0) is 9.59 Å². The number of rotatable bonds is 4. The van der Waals surface area contributed by atoms with Gasteiger partial charge < -0.3 is 20.4 Å². The molecule has 4 amide bonds. The van der Waals surface area contributed by atoms with Crippen LogP contribution in [0.1, 0.15) is 13.8 Å². The fourth-order valence-corrected chi connectivity index (χ4v) is 2.31.